The third-order valence-corrected chi connectivity index (χ3v) is 5.82. The minimum absolute atomic E-state index is 0.112. The number of benzene rings is 1. The van der Waals surface area contributed by atoms with E-state index in [-0.39, 0.29) is 23.2 Å². The van der Waals surface area contributed by atoms with E-state index in [9.17, 15) is 9.90 Å². The van der Waals surface area contributed by atoms with Gasteiger partial charge in [0.1, 0.15) is 0 Å². The fourth-order valence-corrected chi connectivity index (χ4v) is 4.27. The molecule has 3 heterocycles. The van der Waals surface area contributed by atoms with Gasteiger partial charge in [-0.2, -0.15) is 0 Å². The molecule has 8 heteroatoms. The standard InChI is InChI=1S/C21H28N6O2/c1-13-6-5-7-14-12-16(20(29)22-17(13)14)18(26-10-8-15(28)9-11-26)19-23-24-25-27(19)21(2,3)4/h5-7,12,15,18,28H,8-11H2,1-4H3,(H,22,29)/p+1/t18-/m0/s1. The Morgan fingerprint density at radius 1 is 1.28 bits per heavy atom. The van der Waals surface area contributed by atoms with Crippen LogP contribution >= 0.6 is 0 Å². The second kappa shape index (κ2) is 7.35. The van der Waals surface area contributed by atoms with Crippen LogP contribution in [0.15, 0.2) is 29.1 Å². The number of hydrogen-bond donors (Lipinski definition) is 3. The highest BCUT2D eigenvalue weighted by atomic mass is 16.3. The van der Waals surface area contributed by atoms with Crippen molar-refractivity contribution in [3.05, 3.63) is 51.6 Å². The number of piperidine rings is 1. The van der Waals surface area contributed by atoms with Gasteiger partial charge in [0, 0.05) is 12.8 Å². The maximum absolute atomic E-state index is 13.2. The lowest BCUT2D eigenvalue weighted by atomic mass is 9.98. The number of hydrogen-bond acceptors (Lipinski definition) is 5. The number of fused-ring (bicyclic) bond motifs is 1. The number of para-hydroxylation sites is 1. The van der Waals surface area contributed by atoms with Crippen LogP contribution in [0.4, 0.5) is 0 Å². The predicted octanol–water partition coefficient (Wildman–Crippen LogP) is 0.707. The summed E-state index contributed by atoms with van der Waals surface area (Å²) in [6, 6.07) is 7.68. The zero-order valence-corrected chi connectivity index (χ0v) is 17.4. The van der Waals surface area contributed by atoms with E-state index < -0.39 is 0 Å². The summed E-state index contributed by atoms with van der Waals surface area (Å²) in [6.45, 7) is 9.66. The van der Waals surface area contributed by atoms with Crippen LogP contribution in [0, 0.1) is 6.92 Å². The highest BCUT2D eigenvalue weighted by molar-refractivity contribution is 5.82. The zero-order chi connectivity index (χ0) is 20.8. The first-order valence-corrected chi connectivity index (χ1v) is 10.2. The molecule has 0 amide bonds. The number of aromatic nitrogens is 5. The van der Waals surface area contributed by atoms with Crippen LogP contribution < -0.4 is 10.5 Å². The molecule has 1 aliphatic rings. The van der Waals surface area contributed by atoms with Gasteiger partial charge in [0.25, 0.3) is 5.56 Å². The molecular weight excluding hydrogens is 368 g/mol. The van der Waals surface area contributed by atoms with Gasteiger partial charge in [0.05, 0.1) is 35.8 Å². The SMILES string of the molecule is Cc1cccc2cc([C@@H](c3nnnn3C(C)(C)C)[NH+]3CCC(O)CC3)c(=O)[nH]c12. The molecule has 0 aliphatic carbocycles. The Morgan fingerprint density at radius 2 is 2.00 bits per heavy atom. The Bertz CT molecular complexity index is 1070. The molecule has 0 spiro atoms. The Morgan fingerprint density at radius 3 is 2.69 bits per heavy atom. The zero-order valence-electron chi connectivity index (χ0n) is 17.4. The first kappa shape index (κ1) is 19.7. The van der Waals surface area contributed by atoms with E-state index in [1.54, 1.807) is 0 Å². The number of aromatic amines is 1. The molecule has 0 saturated carbocycles. The van der Waals surface area contributed by atoms with Crippen molar-refractivity contribution in [2.45, 2.75) is 58.2 Å². The van der Waals surface area contributed by atoms with Crippen LogP contribution in [-0.2, 0) is 5.54 Å². The molecule has 3 N–H and O–H groups in total. The van der Waals surface area contributed by atoms with E-state index in [1.807, 2.05) is 56.6 Å². The summed E-state index contributed by atoms with van der Waals surface area (Å²) < 4.78 is 1.82. The number of pyridine rings is 1. The summed E-state index contributed by atoms with van der Waals surface area (Å²) >= 11 is 0. The molecular formula is C21H29N6O2+. The van der Waals surface area contributed by atoms with Crippen molar-refractivity contribution < 1.29 is 10.0 Å². The maximum Gasteiger partial charge on any atom is 0.258 e. The topological polar surface area (TPSA) is 101 Å². The molecule has 2 aromatic heterocycles. The van der Waals surface area contributed by atoms with E-state index in [1.165, 1.54) is 4.90 Å². The van der Waals surface area contributed by atoms with Gasteiger partial charge < -0.3 is 15.0 Å². The summed E-state index contributed by atoms with van der Waals surface area (Å²) in [5.41, 5.74) is 2.13. The molecule has 1 atom stereocenters. The van der Waals surface area contributed by atoms with E-state index in [4.69, 9.17) is 0 Å². The van der Waals surface area contributed by atoms with Gasteiger partial charge in [-0.1, -0.05) is 18.2 Å². The molecule has 4 rings (SSSR count). The van der Waals surface area contributed by atoms with Gasteiger partial charge in [-0.15, -0.1) is 5.10 Å². The van der Waals surface area contributed by atoms with E-state index in [0.717, 1.165) is 29.6 Å². The molecule has 0 unspecified atom stereocenters. The molecule has 3 aromatic rings. The van der Waals surface area contributed by atoms with Gasteiger partial charge in [-0.05, 0) is 55.1 Å². The van der Waals surface area contributed by atoms with Gasteiger partial charge in [-0.3, -0.25) is 4.79 Å². The highest BCUT2D eigenvalue weighted by Crippen LogP contribution is 2.23. The third kappa shape index (κ3) is 3.70. The summed E-state index contributed by atoms with van der Waals surface area (Å²) in [7, 11) is 0. The number of nitrogens with one attached hydrogen (secondary N) is 2. The molecule has 1 saturated heterocycles. The number of tetrazole rings is 1. The molecule has 1 aliphatic heterocycles. The number of aliphatic hydroxyl groups excluding tert-OH is 1. The quantitative estimate of drug-likeness (QED) is 0.604. The van der Waals surface area contributed by atoms with Crippen LogP contribution in [-0.4, -0.2) is 49.5 Å². The molecule has 29 heavy (non-hydrogen) atoms. The lowest BCUT2D eigenvalue weighted by Crippen LogP contribution is -3.14. The van der Waals surface area contributed by atoms with Crippen molar-refractivity contribution in [2.75, 3.05) is 13.1 Å². The number of aryl methyl sites for hydroxylation is 1. The average Bonchev–Trinajstić information content (AvgIpc) is 3.15. The van der Waals surface area contributed by atoms with Crippen molar-refractivity contribution in [1.29, 1.82) is 0 Å². The van der Waals surface area contributed by atoms with Crippen LogP contribution in [0.25, 0.3) is 10.9 Å². The number of aliphatic hydroxyl groups is 1. The first-order valence-electron chi connectivity index (χ1n) is 10.2. The number of nitrogens with zero attached hydrogens (tertiary/aromatic N) is 4. The highest BCUT2D eigenvalue weighted by Gasteiger charge is 2.38. The van der Waals surface area contributed by atoms with Crippen LogP contribution in [0.3, 0.4) is 0 Å². The monoisotopic (exact) mass is 397 g/mol. The van der Waals surface area contributed by atoms with Crippen molar-refractivity contribution in [3.63, 3.8) is 0 Å². The molecule has 0 bridgehead atoms. The lowest BCUT2D eigenvalue weighted by Gasteiger charge is -2.33. The lowest BCUT2D eigenvalue weighted by molar-refractivity contribution is -0.932. The fraction of sp³-hybridized carbons (Fsp3) is 0.524. The van der Waals surface area contributed by atoms with Crippen LogP contribution in [0.5, 0.6) is 0 Å². The first-order chi connectivity index (χ1) is 13.8. The average molecular weight is 398 g/mol. The largest absolute Gasteiger partial charge is 0.393 e. The fourth-order valence-electron chi connectivity index (χ4n) is 4.27. The minimum atomic E-state index is -0.313. The summed E-state index contributed by atoms with van der Waals surface area (Å²) in [4.78, 5) is 17.5. The maximum atomic E-state index is 13.2. The smallest absolute Gasteiger partial charge is 0.258 e. The molecule has 154 valence electrons. The number of rotatable bonds is 3. The molecule has 1 aromatic carbocycles. The Labute approximate surface area is 169 Å². The second-order valence-electron chi connectivity index (χ2n) is 9.04. The van der Waals surface area contributed by atoms with Crippen LogP contribution in [0.1, 0.15) is 56.6 Å². The Balaban J connectivity index is 1.90. The van der Waals surface area contributed by atoms with E-state index in [2.05, 4.69) is 20.5 Å². The van der Waals surface area contributed by atoms with Crippen molar-refractivity contribution >= 4 is 10.9 Å². The third-order valence-electron chi connectivity index (χ3n) is 5.82. The van der Waals surface area contributed by atoms with E-state index >= 15 is 0 Å². The summed E-state index contributed by atoms with van der Waals surface area (Å²) in [5, 5.41) is 23.5. The minimum Gasteiger partial charge on any atom is -0.393 e. The molecule has 8 nitrogen and oxygen atoms in total. The predicted molar refractivity (Wildman–Crippen MR) is 110 cm³/mol. The molecule has 0 radical (unpaired) electrons. The molecule has 1 fully saturated rings. The number of likely N-dealkylation sites (tertiary alicyclic amines) is 1. The summed E-state index contributed by atoms with van der Waals surface area (Å²) in [5.74, 6) is 0.682. The Kier molecular flexibility index (Phi) is 5.00. The van der Waals surface area contributed by atoms with Gasteiger partial charge in [0.15, 0.2) is 6.04 Å². The Hall–Kier alpha value is -2.58. The second-order valence-corrected chi connectivity index (χ2v) is 9.04. The van der Waals surface area contributed by atoms with Crippen molar-refractivity contribution in [3.8, 4) is 0 Å². The van der Waals surface area contributed by atoms with Gasteiger partial charge in [0.2, 0.25) is 5.82 Å². The van der Waals surface area contributed by atoms with Crippen molar-refractivity contribution in [1.82, 2.24) is 25.2 Å². The summed E-state index contributed by atoms with van der Waals surface area (Å²) in [6.07, 6.45) is 1.12. The normalized spacial score (nSPS) is 21.4. The van der Waals surface area contributed by atoms with Gasteiger partial charge in [-0.25, -0.2) is 4.68 Å². The van der Waals surface area contributed by atoms with Gasteiger partial charge >= 0.3 is 0 Å². The van der Waals surface area contributed by atoms with Crippen LogP contribution in [0.2, 0.25) is 0 Å². The van der Waals surface area contributed by atoms with Crippen molar-refractivity contribution in [2.24, 2.45) is 0 Å². The number of H-pyrrole nitrogens is 1. The number of quaternary nitrogens is 1. The van der Waals surface area contributed by atoms with E-state index in [0.29, 0.717) is 24.2 Å².